The Balaban J connectivity index is 1.55. The Morgan fingerprint density at radius 3 is 2.80 bits per heavy atom. The fraction of sp³-hybridized carbons (Fsp3) is 0.579. The predicted molar refractivity (Wildman–Crippen MR) is 99.4 cm³/mol. The van der Waals surface area contributed by atoms with Gasteiger partial charge in [-0.2, -0.15) is 5.10 Å². The van der Waals surface area contributed by atoms with Gasteiger partial charge >= 0.3 is 0 Å². The lowest BCUT2D eigenvalue weighted by Gasteiger charge is -2.36. The molecular formula is C19H29N5O. The van der Waals surface area contributed by atoms with Gasteiger partial charge in [-0.25, -0.2) is 4.98 Å². The van der Waals surface area contributed by atoms with Crippen LogP contribution in [0.5, 0.6) is 0 Å². The topological polar surface area (TPSA) is 66.2 Å². The molecule has 3 heterocycles. The molecule has 0 spiro atoms. The van der Waals surface area contributed by atoms with E-state index in [0.717, 1.165) is 38.3 Å². The van der Waals surface area contributed by atoms with E-state index in [0.29, 0.717) is 6.04 Å². The lowest BCUT2D eigenvalue weighted by molar-refractivity contribution is 0.262. The van der Waals surface area contributed by atoms with E-state index in [2.05, 4.69) is 39.4 Å². The third kappa shape index (κ3) is 4.38. The number of aryl methyl sites for hydroxylation is 1. The molecule has 1 saturated heterocycles. The number of rotatable bonds is 7. The highest BCUT2D eigenvalue weighted by Crippen LogP contribution is 2.25. The molecular weight excluding hydrogens is 314 g/mol. The van der Waals surface area contributed by atoms with Crippen molar-refractivity contribution in [1.29, 1.82) is 0 Å². The minimum Gasteiger partial charge on any atom is -0.396 e. The Kier molecular flexibility index (Phi) is 6.04. The van der Waals surface area contributed by atoms with Gasteiger partial charge in [0.25, 0.3) is 0 Å². The van der Waals surface area contributed by atoms with E-state index in [1.165, 1.54) is 29.7 Å². The van der Waals surface area contributed by atoms with Crippen molar-refractivity contribution in [3.8, 4) is 0 Å². The van der Waals surface area contributed by atoms with E-state index in [-0.39, 0.29) is 6.61 Å². The highest BCUT2D eigenvalue weighted by Gasteiger charge is 2.22. The van der Waals surface area contributed by atoms with Crippen molar-refractivity contribution in [1.82, 2.24) is 20.1 Å². The number of aromatic nitrogens is 3. The molecule has 2 aromatic rings. The Hall–Kier alpha value is -1.92. The van der Waals surface area contributed by atoms with Crippen molar-refractivity contribution >= 4 is 5.82 Å². The summed E-state index contributed by atoms with van der Waals surface area (Å²) in [5, 5.41) is 17.0. The van der Waals surface area contributed by atoms with Gasteiger partial charge < -0.3 is 15.3 Å². The summed E-state index contributed by atoms with van der Waals surface area (Å²) in [4.78, 5) is 7.03. The first-order valence-corrected chi connectivity index (χ1v) is 9.19. The van der Waals surface area contributed by atoms with E-state index >= 15 is 0 Å². The fourth-order valence-electron chi connectivity index (χ4n) is 3.50. The van der Waals surface area contributed by atoms with Crippen LogP contribution in [0.4, 0.5) is 5.82 Å². The molecule has 1 unspecified atom stereocenters. The van der Waals surface area contributed by atoms with Crippen LogP contribution in [0.3, 0.4) is 0 Å². The molecule has 1 fully saturated rings. The van der Waals surface area contributed by atoms with Gasteiger partial charge in [-0.05, 0) is 44.2 Å². The van der Waals surface area contributed by atoms with Crippen molar-refractivity contribution < 1.29 is 5.11 Å². The van der Waals surface area contributed by atoms with Gasteiger partial charge in [-0.3, -0.25) is 4.68 Å². The highest BCUT2D eigenvalue weighted by atomic mass is 16.3. The van der Waals surface area contributed by atoms with E-state index < -0.39 is 0 Å². The predicted octanol–water partition coefficient (Wildman–Crippen LogP) is 2.15. The molecule has 0 bridgehead atoms. The normalized spacial score (nSPS) is 17.9. The second kappa shape index (κ2) is 8.45. The smallest absolute Gasteiger partial charge is 0.128 e. The molecule has 1 atom stereocenters. The number of hydrogen-bond acceptors (Lipinski definition) is 5. The van der Waals surface area contributed by atoms with Crippen molar-refractivity contribution in [3.05, 3.63) is 41.3 Å². The van der Waals surface area contributed by atoms with Crippen LogP contribution >= 0.6 is 0 Å². The Morgan fingerprint density at radius 1 is 1.24 bits per heavy atom. The molecule has 1 aliphatic rings. The quantitative estimate of drug-likeness (QED) is 0.806. The molecule has 6 nitrogen and oxygen atoms in total. The molecule has 2 N–H and O–H groups in total. The molecule has 3 rings (SSSR count). The maximum atomic E-state index is 9.28. The zero-order valence-corrected chi connectivity index (χ0v) is 15.3. The molecule has 0 amide bonds. The Bertz CT molecular complexity index is 665. The summed E-state index contributed by atoms with van der Waals surface area (Å²) in [5.74, 6) is 1.03. The number of aliphatic hydroxyl groups is 1. The van der Waals surface area contributed by atoms with Crippen LogP contribution in [-0.4, -0.2) is 39.1 Å². The second-order valence-corrected chi connectivity index (χ2v) is 6.86. The van der Waals surface area contributed by atoms with Gasteiger partial charge in [0, 0.05) is 56.8 Å². The first-order valence-electron chi connectivity index (χ1n) is 9.19. The monoisotopic (exact) mass is 343 g/mol. The minimum atomic E-state index is 0.247. The van der Waals surface area contributed by atoms with E-state index in [1.54, 1.807) is 0 Å². The van der Waals surface area contributed by atoms with Gasteiger partial charge in [0.15, 0.2) is 0 Å². The van der Waals surface area contributed by atoms with Crippen molar-refractivity contribution in [2.75, 3.05) is 18.1 Å². The lowest BCUT2D eigenvalue weighted by atomic mass is 9.99. The average Bonchev–Trinajstić information content (AvgIpc) is 2.95. The Labute approximate surface area is 149 Å². The number of aliphatic hydroxyl groups excluding tert-OH is 1. The first kappa shape index (κ1) is 17.9. The van der Waals surface area contributed by atoms with Gasteiger partial charge in [0.05, 0.1) is 6.20 Å². The van der Waals surface area contributed by atoms with Crippen LogP contribution in [0, 0.1) is 6.92 Å². The summed E-state index contributed by atoms with van der Waals surface area (Å²) in [6.07, 6.45) is 8.31. The van der Waals surface area contributed by atoms with Crippen molar-refractivity contribution in [2.45, 2.75) is 51.7 Å². The third-order valence-electron chi connectivity index (χ3n) is 5.17. The van der Waals surface area contributed by atoms with E-state index in [4.69, 9.17) is 0 Å². The maximum absolute atomic E-state index is 9.28. The summed E-state index contributed by atoms with van der Waals surface area (Å²) in [6, 6.07) is 4.68. The minimum absolute atomic E-state index is 0.247. The summed E-state index contributed by atoms with van der Waals surface area (Å²) >= 11 is 0. The van der Waals surface area contributed by atoms with Gasteiger partial charge in [0.2, 0.25) is 0 Å². The molecule has 136 valence electrons. The van der Waals surface area contributed by atoms with E-state index in [9.17, 15) is 5.11 Å². The number of nitrogens with zero attached hydrogens (tertiary/aromatic N) is 4. The largest absolute Gasteiger partial charge is 0.396 e. The van der Waals surface area contributed by atoms with Crippen LogP contribution in [0.2, 0.25) is 0 Å². The molecule has 0 aromatic carbocycles. The summed E-state index contributed by atoms with van der Waals surface area (Å²) in [7, 11) is 1.96. The van der Waals surface area contributed by atoms with Crippen molar-refractivity contribution in [3.63, 3.8) is 0 Å². The molecule has 25 heavy (non-hydrogen) atoms. The molecule has 0 saturated carbocycles. The fourth-order valence-corrected chi connectivity index (χ4v) is 3.50. The Morgan fingerprint density at radius 2 is 2.12 bits per heavy atom. The number of piperidine rings is 1. The zero-order valence-electron chi connectivity index (χ0n) is 15.3. The van der Waals surface area contributed by atoms with Gasteiger partial charge in [-0.15, -0.1) is 0 Å². The van der Waals surface area contributed by atoms with Gasteiger partial charge in [0.1, 0.15) is 5.82 Å². The summed E-state index contributed by atoms with van der Waals surface area (Å²) in [5.41, 5.74) is 3.61. The molecule has 2 aromatic heterocycles. The average molecular weight is 343 g/mol. The molecule has 6 heteroatoms. The number of pyridine rings is 1. The third-order valence-corrected chi connectivity index (χ3v) is 5.17. The van der Waals surface area contributed by atoms with Crippen LogP contribution in [-0.2, 0) is 20.1 Å². The summed E-state index contributed by atoms with van der Waals surface area (Å²) < 4.78 is 1.90. The summed E-state index contributed by atoms with van der Waals surface area (Å²) in [6.45, 7) is 4.97. The standard InChI is InChI=1S/C19H29N5O/c1-15-17(14-22-23(15)2)13-20-11-16-6-7-19(21-12-16)24-9-4-3-5-18(24)8-10-25/h6-7,12,14,18,20,25H,3-5,8-11,13H2,1-2H3. The lowest BCUT2D eigenvalue weighted by Crippen LogP contribution is -2.40. The van der Waals surface area contributed by atoms with Gasteiger partial charge in [-0.1, -0.05) is 6.07 Å². The zero-order chi connectivity index (χ0) is 17.6. The maximum Gasteiger partial charge on any atom is 0.128 e. The first-order chi connectivity index (χ1) is 12.2. The molecule has 0 aliphatic carbocycles. The van der Waals surface area contributed by atoms with Crippen LogP contribution in [0.25, 0.3) is 0 Å². The van der Waals surface area contributed by atoms with Crippen LogP contribution in [0.15, 0.2) is 24.5 Å². The molecule has 0 radical (unpaired) electrons. The number of nitrogens with one attached hydrogen (secondary N) is 1. The van der Waals surface area contributed by atoms with Crippen LogP contribution in [0.1, 0.15) is 42.5 Å². The van der Waals surface area contributed by atoms with Crippen LogP contribution < -0.4 is 10.2 Å². The molecule has 1 aliphatic heterocycles. The number of anilines is 1. The van der Waals surface area contributed by atoms with E-state index in [1.807, 2.05) is 24.1 Å². The second-order valence-electron chi connectivity index (χ2n) is 6.86. The number of hydrogen-bond donors (Lipinski definition) is 2. The SMILES string of the molecule is Cc1c(CNCc2ccc(N3CCCCC3CCO)nc2)cnn1C. The van der Waals surface area contributed by atoms with Crippen molar-refractivity contribution in [2.24, 2.45) is 7.05 Å². The highest BCUT2D eigenvalue weighted by molar-refractivity contribution is 5.41.